The van der Waals surface area contributed by atoms with Gasteiger partial charge in [-0.3, -0.25) is 4.98 Å². The molecule has 0 radical (unpaired) electrons. The Kier molecular flexibility index (Phi) is 3.81. The Labute approximate surface area is 132 Å². The van der Waals surface area contributed by atoms with Crippen molar-refractivity contribution in [2.24, 2.45) is 0 Å². The van der Waals surface area contributed by atoms with Gasteiger partial charge in [0.25, 0.3) is 0 Å². The van der Waals surface area contributed by atoms with Gasteiger partial charge < -0.3 is 10.2 Å². The van der Waals surface area contributed by atoms with Crippen molar-refractivity contribution in [1.29, 1.82) is 0 Å². The van der Waals surface area contributed by atoms with Crippen LogP contribution in [0.15, 0.2) is 54.9 Å². The van der Waals surface area contributed by atoms with E-state index in [1.54, 1.807) is 0 Å². The monoisotopic (exact) mass is 293 g/mol. The minimum Gasteiger partial charge on any atom is -0.371 e. The summed E-state index contributed by atoms with van der Waals surface area (Å²) in [6.07, 6.45) is 7.54. The topological polar surface area (TPSA) is 28.2 Å². The van der Waals surface area contributed by atoms with Crippen LogP contribution in [0.5, 0.6) is 0 Å². The molecule has 2 fully saturated rings. The van der Waals surface area contributed by atoms with Crippen molar-refractivity contribution in [1.82, 2.24) is 10.3 Å². The lowest BCUT2D eigenvalue weighted by molar-refractivity contribution is 0.410. The Bertz CT molecular complexity index is 591. The summed E-state index contributed by atoms with van der Waals surface area (Å²) < 4.78 is 0. The smallest absolute Gasteiger partial charge is 0.0397 e. The number of pyridine rings is 1. The van der Waals surface area contributed by atoms with Crippen LogP contribution in [-0.4, -0.2) is 30.2 Å². The van der Waals surface area contributed by atoms with Crippen molar-refractivity contribution in [2.75, 3.05) is 18.0 Å². The number of nitrogens with zero attached hydrogens (tertiary/aromatic N) is 2. The van der Waals surface area contributed by atoms with Gasteiger partial charge in [-0.05, 0) is 37.0 Å². The number of piperidine rings is 1. The summed E-state index contributed by atoms with van der Waals surface area (Å²) in [6, 6.07) is 16.5. The minimum absolute atomic E-state index is 0.678. The maximum Gasteiger partial charge on any atom is 0.0397 e. The number of nitrogens with one attached hydrogen (secondary N) is 1. The van der Waals surface area contributed by atoms with Crippen molar-refractivity contribution >= 4 is 5.69 Å². The zero-order chi connectivity index (χ0) is 14.8. The van der Waals surface area contributed by atoms with Crippen LogP contribution in [0.25, 0.3) is 0 Å². The first-order valence-corrected chi connectivity index (χ1v) is 8.36. The summed E-state index contributed by atoms with van der Waals surface area (Å²) >= 11 is 0. The van der Waals surface area contributed by atoms with Gasteiger partial charge >= 0.3 is 0 Å². The van der Waals surface area contributed by atoms with Crippen molar-refractivity contribution < 1.29 is 0 Å². The Morgan fingerprint density at radius 1 is 0.955 bits per heavy atom. The highest BCUT2D eigenvalue weighted by Crippen LogP contribution is 2.41. The Balaban J connectivity index is 1.27. The molecule has 114 valence electrons. The molecule has 0 unspecified atom stereocenters. The predicted octanol–water partition coefficient (Wildman–Crippen LogP) is 3.20. The summed E-state index contributed by atoms with van der Waals surface area (Å²) in [6.45, 7) is 2.29. The van der Waals surface area contributed by atoms with Gasteiger partial charge in [-0.1, -0.05) is 30.3 Å². The van der Waals surface area contributed by atoms with Crippen molar-refractivity contribution in [3.8, 4) is 0 Å². The molecule has 2 atom stereocenters. The highest BCUT2D eigenvalue weighted by molar-refractivity contribution is 5.45. The van der Waals surface area contributed by atoms with Gasteiger partial charge in [0.15, 0.2) is 0 Å². The first kappa shape index (κ1) is 13.8. The number of rotatable bonds is 4. The molecule has 1 aliphatic carbocycles. The van der Waals surface area contributed by atoms with E-state index < -0.39 is 0 Å². The normalized spacial score (nSPS) is 25.2. The van der Waals surface area contributed by atoms with Crippen LogP contribution in [0.2, 0.25) is 0 Å². The third kappa shape index (κ3) is 3.00. The van der Waals surface area contributed by atoms with Crippen LogP contribution in [0, 0.1) is 0 Å². The van der Waals surface area contributed by atoms with Gasteiger partial charge in [-0.2, -0.15) is 0 Å². The van der Waals surface area contributed by atoms with Crippen molar-refractivity contribution in [2.45, 2.75) is 37.3 Å². The van der Waals surface area contributed by atoms with E-state index in [-0.39, 0.29) is 0 Å². The first-order chi connectivity index (χ1) is 10.9. The Hall–Kier alpha value is -1.87. The molecule has 4 rings (SSSR count). The summed E-state index contributed by atoms with van der Waals surface area (Å²) in [5.74, 6) is 0.736. The van der Waals surface area contributed by atoms with Gasteiger partial charge in [0.05, 0.1) is 0 Å². The molecule has 0 spiro atoms. The van der Waals surface area contributed by atoms with Crippen LogP contribution in [-0.2, 0) is 0 Å². The van der Waals surface area contributed by atoms with E-state index in [9.17, 15) is 0 Å². The van der Waals surface area contributed by atoms with E-state index in [1.165, 1.54) is 30.5 Å². The fourth-order valence-electron chi connectivity index (χ4n) is 3.61. The predicted molar refractivity (Wildman–Crippen MR) is 90.2 cm³/mol. The molecule has 1 saturated carbocycles. The second-order valence-corrected chi connectivity index (χ2v) is 6.49. The number of anilines is 1. The lowest BCUT2D eigenvalue weighted by atomic mass is 10.0. The van der Waals surface area contributed by atoms with Crippen LogP contribution < -0.4 is 10.2 Å². The van der Waals surface area contributed by atoms with Gasteiger partial charge in [-0.25, -0.2) is 0 Å². The Morgan fingerprint density at radius 3 is 2.41 bits per heavy atom. The SMILES string of the molecule is c1ccc([C@@H]2C[C@H]2NC2CCN(c3ccncc3)CC2)cc1. The zero-order valence-electron chi connectivity index (χ0n) is 12.9. The third-order valence-corrected chi connectivity index (χ3v) is 4.99. The highest BCUT2D eigenvalue weighted by atomic mass is 15.2. The minimum atomic E-state index is 0.678. The summed E-state index contributed by atoms with van der Waals surface area (Å²) in [7, 11) is 0. The number of hydrogen-bond donors (Lipinski definition) is 1. The van der Waals surface area contributed by atoms with Crippen molar-refractivity contribution in [3.63, 3.8) is 0 Å². The van der Waals surface area contributed by atoms with Gasteiger partial charge in [0.2, 0.25) is 0 Å². The van der Waals surface area contributed by atoms with E-state index in [4.69, 9.17) is 0 Å². The molecule has 1 aliphatic heterocycles. The van der Waals surface area contributed by atoms with Crippen LogP contribution >= 0.6 is 0 Å². The molecular weight excluding hydrogens is 270 g/mol. The molecule has 3 heteroatoms. The number of hydrogen-bond acceptors (Lipinski definition) is 3. The van der Waals surface area contributed by atoms with Crippen LogP contribution in [0.4, 0.5) is 5.69 Å². The summed E-state index contributed by atoms with van der Waals surface area (Å²) in [4.78, 5) is 6.57. The summed E-state index contributed by atoms with van der Waals surface area (Å²) in [5.41, 5.74) is 2.80. The lowest BCUT2D eigenvalue weighted by Gasteiger charge is -2.34. The molecule has 2 heterocycles. The zero-order valence-corrected chi connectivity index (χ0v) is 12.9. The summed E-state index contributed by atoms with van der Waals surface area (Å²) in [5, 5.41) is 3.87. The molecule has 1 aromatic carbocycles. The van der Waals surface area contributed by atoms with E-state index in [1.807, 2.05) is 12.4 Å². The molecule has 1 N–H and O–H groups in total. The van der Waals surface area contributed by atoms with E-state index in [0.717, 1.165) is 19.0 Å². The van der Waals surface area contributed by atoms with Crippen molar-refractivity contribution in [3.05, 3.63) is 60.4 Å². The highest BCUT2D eigenvalue weighted by Gasteiger charge is 2.39. The molecule has 22 heavy (non-hydrogen) atoms. The van der Waals surface area contributed by atoms with E-state index >= 15 is 0 Å². The lowest BCUT2D eigenvalue weighted by Crippen LogP contribution is -2.43. The van der Waals surface area contributed by atoms with Crippen LogP contribution in [0.1, 0.15) is 30.7 Å². The average molecular weight is 293 g/mol. The maximum atomic E-state index is 4.10. The molecule has 0 amide bonds. The average Bonchev–Trinajstić information content (AvgIpc) is 3.36. The molecule has 2 aliphatic rings. The largest absolute Gasteiger partial charge is 0.371 e. The third-order valence-electron chi connectivity index (χ3n) is 4.99. The van der Waals surface area contributed by atoms with Gasteiger partial charge in [0, 0.05) is 49.2 Å². The maximum absolute atomic E-state index is 4.10. The first-order valence-electron chi connectivity index (χ1n) is 8.36. The number of aromatic nitrogens is 1. The Morgan fingerprint density at radius 2 is 1.68 bits per heavy atom. The number of benzene rings is 1. The second kappa shape index (κ2) is 6.09. The molecule has 2 aromatic rings. The van der Waals surface area contributed by atoms with Crippen LogP contribution in [0.3, 0.4) is 0 Å². The standard InChI is InChI=1S/C19H23N3/c1-2-4-15(5-3-1)18-14-19(18)21-16-8-12-22(13-9-16)17-6-10-20-11-7-17/h1-7,10-11,16,18-19,21H,8-9,12-14H2/t18-,19+/m0/s1. The molecular formula is C19H23N3. The molecule has 1 saturated heterocycles. The van der Waals surface area contributed by atoms with E-state index in [0.29, 0.717) is 12.1 Å². The van der Waals surface area contributed by atoms with Gasteiger partial charge in [0.1, 0.15) is 0 Å². The fourth-order valence-corrected chi connectivity index (χ4v) is 3.61. The molecule has 1 aromatic heterocycles. The molecule has 3 nitrogen and oxygen atoms in total. The van der Waals surface area contributed by atoms with Gasteiger partial charge in [-0.15, -0.1) is 0 Å². The quantitative estimate of drug-likeness (QED) is 0.938. The second-order valence-electron chi connectivity index (χ2n) is 6.49. The fraction of sp³-hybridized carbons (Fsp3) is 0.421. The van der Waals surface area contributed by atoms with E-state index in [2.05, 4.69) is 57.7 Å². The molecule has 0 bridgehead atoms.